The van der Waals surface area contributed by atoms with E-state index < -0.39 is 23.4 Å². The maximum absolute atomic E-state index is 15.0. The highest BCUT2D eigenvalue weighted by Gasteiger charge is 2.72. The Hall–Kier alpha value is -5.56. The number of methoxy groups -OCH3 is 2. The molecule has 7 heteroatoms. The van der Waals surface area contributed by atoms with Gasteiger partial charge in [0.1, 0.15) is 11.5 Å². The fourth-order valence-corrected chi connectivity index (χ4v) is 7.86. The minimum atomic E-state index is -1.68. The largest absolute Gasteiger partial charge is 0.493 e. The molecule has 4 aromatic carbocycles. The van der Waals surface area contributed by atoms with Crippen molar-refractivity contribution in [2.24, 2.45) is 5.41 Å². The first-order chi connectivity index (χ1) is 22.0. The van der Waals surface area contributed by atoms with Gasteiger partial charge in [0.25, 0.3) is 0 Å². The lowest BCUT2D eigenvalue weighted by atomic mass is 9.64. The van der Waals surface area contributed by atoms with Gasteiger partial charge in [0, 0.05) is 39.8 Å². The first kappa shape index (κ1) is 27.0. The molecule has 3 atom stereocenters. The van der Waals surface area contributed by atoms with Crippen LogP contribution in [0.15, 0.2) is 109 Å². The molecule has 1 aliphatic carbocycles. The van der Waals surface area contributed by atoms with E-state index in [1.807, 2.05) is 71.6 Å². The van der Waals surface area contributed by atoms with E-state index in [1.54, 1.807) is 55.8 Å². The monoisotopic (exact) mass is 592 g/mol. The number of anilines is 1. The molecule has 1 aromatic heterocycles. The Bertz CT molecular complexity index is 2050. The van der Waals surface area contributed by atoms with E-state index in [9.17, 15) is 0 Å². The quantitative estimate of drug-likeness (QED) is 0.169. The lowest BCUT2D eigenvalue weighted by molar-refractivity contribution is 0.0664. The van der Waals surface area contributed by atoms with Gasteiger partial charge in [0.15, 0.2) is 28.8 Å². The first-order valence-electron chi connectivity index (χ1n) is 14.9. The Morgan fingerprint density at radius 2 is 1.53 bits per heavy atom. The van der Waals surface area contributed by atoms with Crippen molar-refractivity contribution in [1.82, 2.24) is 4.98 Å². The number of hydrogen-bond acceptors (Lipinski definition) is 7. The fourth-order valence-electron chi connectivity index (χ4n) is 7.86. The molecule has 0 saturated carbocycles. The zero-order chi connectivity index (χ0) is 30.9. The third-order valence-electron chi connectivity index (χ3n) is 9.63. The normalized spacial score (nSPS) is 20.7. The topological polar surface area (TPSA) is 85.8 Å². The molecule has 3 aliphatic rings. The number of aromatic nitrogens is 1. The number of benzene rings is 4. The van der Waals surface area contributed by atoms with Crippen molar-refractivity contribution in [2.75, 3.05) is 19.1 Å². The molecule has 0 radical (unpaired) electrons. The van der Waals surface area contributed by atoms with Gasteiger partial charge in [-0.2, -0.15) is 0 Å². The summed E-state index contributed by atoms with van der Waals surface area (Å²) in [5.41, 5.74) is 2.34. The number of carbonyl (C=O) groups excluding carboxylic acids is 3. The number of carbonyl (C=O) groups is 3. The number of hydrogen-bond donors (Lipinski definition) is 0. The minimum Gasteiger partial charge on any atom is -0.493 e. The predicted molar refractivity (Wildman–Crippen MR) is 171 cm³/mol. The number of rotatable bonds is 5. The van der Waals surface area contributed by atoms with Gasteiger partial charge in [-0.15, -0.1) is 0 Å². The average molecular weight is 593 g/mol. The zero-order valence-electron chi connectivity index (χ0n) is 24.6. The third-order valence-corrected chi connectivity index (χ3v) is 9.63. The summed E-state index contributed by atoms with van der Waals surface area (Å²) in [4.78, 5) is 51.8. The molecule has 1 fully saturated rings. The summed E-state index contributed by atoms with van der Waals surface area (Å²) in [6.07, 6.45) is 5.59. The Labute approximate surface area is 259 Å². The molecule has 0 bridgehead atoms. The molecular formula is C38H28N2O5. The van der Waals surface area contributed by atoms with Gasteiger partial charge < -0.3 is 14.4 Å². The van der Waals surface area contributed by atoms with Crippen LogP contribution in [0.5, 0.6) is 11.5 Å². The first-order valence-corrected chi connectivity index (χ1v) is 14.9. The molecule has 5 aromatic rings. The SMILES string of the molecule is COc1cccc(C2C(C(=O)c3ccccc3)N3c4c(ccc5cccnc45)C=CC3C23C(=O)c2ccccc2C3=O)c1OC. The summed E-state index contributed by atoms with van der Waals surface area (Å²) in [6.45, 7) is 0. The maximum atomic E-state index is 15.0. The van der Waals surface area contributed by atoms with E-state index in [4.69, 9.17) is 14.5 Å². The summed E-state index contributed by atoms with van der Waals surface area (Å²) in [7, 11) is 3.07. The molecule has 3 heterocycles. The van der Waals surface area contributed by atoms with Crippen molar-refractivity contribution in [2.45, 2.75) is 18.0 Å². The van der Waals surface area contributed by atoms with Gasteiger partial charge in [-0.1, -0.05) is 97.1 Å². The van der Waals surface area contributed by atoms with Gasteiger partial charge in [0.05, 0.1) is 31.5 Å². The highest BCUT2D eigenvalue weighted by atomic mass is 16.5. The summed E-state index contributed by atoms with van der Waals surface area (Å²) in [6, 6.07) is 27.5. The summed E-state index contributed by atoms with van der Waals surface area (Å²) in [5, 5.41) is 0.889. The standard InChI is InChI=1S/C38H28N2O5/c1-44-28-16-8-15-27(35(28)45-2)30-33(34(41)24-10-4-3-5-11-24)40-29(38(30)36(42)25-13-6-7-14-26(25)37(38)43)20-19-23-18-17-22-12-9-21-39-31(22)32(23)40/h3-21,29-30,33H,1-2H3. The molecule has 220 valence electrons. The van der Waals surface area contributed by atoms with E-state index in [-0.39, 0.29) is 17.3 Å². The number of pyridine rings is 1. The highest BCUT2D eigenvalue weighted by molar-refractivity contribution is 6.32. The van der Waals surface area contributed by atoms with Crippen LogP contribution >= 0.6 is 0 Å². The zero-order valence-corrected chi connectivity index (χ0v) is 24.6. The molecule has 1 spiro atoms. The number of para-hydroxylation sites is 1. The van der Waals surface area contributed by atoms with Crippen molar-refractivity contribution in [3.05, 3.63) is 137 Å². The van der Waals surface area contributed by atoms with Crippen LogP contribution in [0, 0.1) is 5.41 Å². The Kier molecular flexibility index (Phi) is 6.00. The third kappa shape index (κ3) is 3.52. The van der Waals surface area contributed by atoms with Crippen LogP contribution in [0.4, 0.5) is 5.69 Å². The van der Waals surface area contributed by atoms with Crippen LogP contribution in [-0.2, 0) is 0 Å². The summed E-state index contributed by atoms with van der Waals surface area (Å²) < 4.78 is 11.6. The second kappa shape index (κ2) is 9.99. The van der Waals surface area contributed by atoms with Crippen LogP contribution in [0.25, 0.3) is 17.0 Å². The van der Waals surface area contributed by atoms with Crippen molar-refractivity contribution in [3.63, 3.8) is 0 Å². The molecule has 0 amide bonds. The average Bonchev–Trinajstić information content (AvgIpc) is 3.53. The second-order valence-electron chi connectivity index (χ2n) is 11.6. The van der Waals surface area contributed by atoms with Crippen molar-refractivity contribution in [3.8, 4) is 11.5 Å². The number of Topliss-reactive ketones (excluding diaryl/α,β-unsaturated/α-hetero) is 3. The molecule has 2 aliphatic heterocycles. The Morgan fingerprint density at radius 1 is 0.800 bits per heavy atom. The molecule has 7 nitrogen and oxygen atoms in total. The molecule has 0 N–H and O–H groups in total. The van der Waals surface area contributed by atoms with Gasteiger partial charge in [-0.05, 0) is 17.7 Å². The van der Waals surface area contributed by atoms with Crippen LogP contribution < -0.4 is 14.4 Å². The van der Waals surface area contributed by atoms with E-state index in [2.05, 4.69) is 0 Å². The van der Waals surface area contributed by atoms with Gasteiger partial charge in [-0.3, -0.25) is 19.4 Å². The van der Waals surface area contributed by atoms with Gasteiger partial charge >= 0.3 is 0 Å². The molecule has 3 unspecified atom stereocenters. The van der Waals surface area contributed by atoms with Crippen molar-refractivity contribution < 1.29 is 23.9 Å². The van der Waals surface area contributed by atoms with E-state index in [0.29, 0.717) is 39.3 Å². The molecular weight excluding hydrogens is 564 g/mol. The predicted octanol–water partition coefficient (Wildman–Crippen LogP) is 6.57. The highest BCUT2D eigenvalue weighted by Crippen LogP contribution is 2.63. The Balaban J connectivity index is 1.51. The van der Waals surface area contributed by atoms with E-state index >= 15 is 14.4 Å². The van der Waals surface area contributed by atoms with Crippen LogP contribution in [0.2, 0.25) is 0 Å². The van der Waals surface area contributed by atoms with Crippen LogP contribution in [0.3, 0.4) is 0 Å². The molecule has 8 rings (SSSR count). The van der Waals surface area contributed by atoms with Crippen LogP contribution in [-0.4, -0.2) is 48.6 Å². The maximum Gasteiger partial charge on any atom is 0.185 e. The molecule has 45 heavy (non-hydrogen) atoms. The lowest BCUT2D eigenvalue weighted by Crippen LogP contribution is -2.48. The summed E-state index contributed by atoms with van der Waals surface area (Å²) in [5.74, 6) is -0.943. The van der Waals surface area contributed by atoms with Gasteiger partial charge in [-0.25, -0.2) is 0 Å². The van der Waals surface area contributed by atoms with E-state index in [0.717, 1.165) is 16.6 Å². The molecule has 1 saturated heterocycles. The lowest BCUT2D eigenvalue weighted by Gasteiger charge is -2.37. The Morgan fingerprint density at radius 3 is 2.24 bits per heavy atom. The smallest absolute Gasteiger partial charge is 0.185 e. The van der Waals surface area contributed by atoms with Crippen molar-refractivity contribution >= 4 is 40.0 Å². The number of ether oxygens (including phenoxy) is 2. The van der Waals surface area contributed by atoms with E-state index in [1.165, 1.54) is 7.11 Å². The van der Waals surface area contributed by atoms with Gasteiger partial charge in [0.2, 0.25) is 0 Å². The van der Waals surface area contributed by atoms with Crippen molar-refractivity contribution in [1.29, 1.82) is 0 Å². The summed E-state index contributed by atoms with van der Waals surface area (Å²) >= 11 is 0. The number of ketones is 3. The minimum absolute atomic E-state index is 0.210. The number of nitrogens with zero attached hydrogens (tertiary/aromatic N) is 2. The number of fused-ring (bicyclic) bond motifs is 7. The second-order valence-corrected chi connectivity index (χ2v) is 11.6. The fraction of sp³-hybridized carbons (Fsp3) is 0.158. The van der Waals surface area contributed by atoms with Crippen LogP contribution in [0.1, 0.15) is 48.1 Å².